The van der Waals surface area contributed by atoms with Crippen molar-refractivity contribution in [2.45, 2.75) is 39.7 Å². The number of nitrogens with zero attached hydrogens (tertiary/aromatic N) is 5. The van der Waals surface area contributed by atoms with Crippen molar-refractivity contribution in [2.75, 3.05) is 43.1 Å². The number of hydrogen-bond acceptors (Lipinski definition) is 8. The number of nitrogens with two attached hydrogens (primary N) is 1. The Morgan fingerprint density at radius 3 is 2.47 bits per heavy atom. The maximum atomic E-state index is 6.06. The Bertz CT molecular complexity index is 964. The molecule has 1 aliphatic rings. The summed E-state index contributed by atoms with van der Waals surface area (Å²) in [7, 11) is 2.16. The quantitative estimate of drug-likeness (QED) is 0.497. The fourth-order valence-corrected chi connectivity index (χ4v) is 3.48. The third-order valence-electron chi connectivity index (χ3n) is 5.16. The number of piperidine rings is 1. The summed E-state index contributed by atoms with van der Waals surface area (Å²) in [6, 6.07) is 8.08. The van der Waals surface area contributed by atoms with Crippen molar-refractivity contribution in [2.24, 2.45) is 0 Å². The van der Waals surface area contributed by atoms with Crippen LogP contribution in [0.3, 0.4) is 0 Å². The van der Waals surface area contributed by atoms with Crippen molar-refractivity contribution >= 4 is 28.8 Å². The van der Waals surface area contributed by atoms with Crippen molar-refractivity contribution in [3.63, 3.8) is 0 Å². The molecule has 4 N–H and O–H groups in total. The Kier molecular flexibility index (Phi) is 8.27. The van der Waals surface area contributed by atoms with Gasteiger partial charge >= 0.3 is 0 Å². The summed E-state index contributed by atoms with van der Waals surface area (Å²) in [4.78, 5) is 11.2. The predicted octanol–water partition coefficient (Wildman–Crippen LogP) is 4.43. The summed E-state index contributed by atoms with van der Waals surface area (Å²) >= 11 is 0. The van der Waals surface area contributed by atoms with E-state index in [4.69, 9.17) is 10.5 Å². The molecule has 0 bridgehead atoms. The van der Waals surface area contributed by atoms with E-state index < -0.39 is 0 Å². The smallest absolute Gasteiger partial charge is 0.229 e. The lowest BCUT2D eigenvalue weighted by atomic mass is 10.1. The molecular weight excluding hydrogens is 404 g/mol. The van der Waals surface area contributed by atoms with Crippen LogP contribution in [0, 0.1) is 0 Å². The molecule has 2 aromatic heterocycles. The van der Waals surface area contributed by atoms with Crippen LogP contribution in [0.25, 0.3) is 0 Å². The number of aromatic nitrogens is 4. The van der Waals surface area contributed by atoms with Gasteiger partial charge in [0.2, 0.25) is 5.95 Å². The van der Waals surface area contributed by atoms with E-state index in [1.807, 2.05) is 55.9 Å². The molecule has 0 saturated carbocycles. The van der Waals surface area contributed by atoms with Gasteiger partial charge in [0.1, 0.15) is 5.75 Å². The SMILES string of the molecule is CC.CCOc1ccc(Nc2nc(Nc3cnn(C4CCN(C)CC4)c3)ncc2N)cc1. The largest absolute Gasteiger partial charge is 0.494 e. The highest BCUT2D eigenvalue weighted by Gasteiger charge is 2.19. The van der Waals surface area contributed by atoms with Crippen molar-refractivity contribution in [3.8, 4) is 5.75 Å². The predicted molar refractivity (Wildman–Crippen MR) is 130 cm³/mol. The molecule has 32 heavy (non-hydrogen) atoms. The van der Waals surface area contributed by atoms with E-state index in [2.05, 4.69) is 37.6 Å². The van der Waals surface area contributed by atoms with E-state index in [-0.39, 0.29) is 0 Å². The first kappa shape index (κ1) is 23.3. The zero-order valence-electron chi connectivity index (χ0n) is 19.4. The lowest BCUT2D eigenvalue weighted by molar-refractivity contribution is 0.212. The molecule has 0 amide bonds. The highest BCUT2D eigenvalue weighted by Crippen LogP contribution is 2.26. The number of nitrogen functional groups attached to an aromatic ring is 1. The average Bonchev–Trinajstić information content (AvgIpc) is 3.28. The molecule has 9 heteroatoms. The molecule has 3 heterocycles. The minimum Gasteiger partial charge on any atom is -0.494 e. The fraction of sp³-hybridized carbons (Fsp3) is 0.435. The zero-order chi connectivity index (χ0) is 22.9. The van der Waals surface area contributed by atoms with Gasteiger partial charge in [-0.15, -0.1) is 0 Å². The van der Waals surface area contributed by atoms with Gasteiger partial charge in [-0.25, -0.2) is 4.98 Å². The molecule has 9 nitrogen and oxygen atoms in total. The maximum absolute atomic E-state index is 6.06. The van der Waals surface area contributed by atoms with Crippen LogP contribution in [0.2, 0.25) is 0 Å². The maximum Gasteiger partial charge on any atom is 0.229 e. The molecule has 1 fully saturated rings. The third-order valence-corrected chi connectivity index (χ3v) is 5.16. The number of likely N-dealkylation sites (tertiary alicyclic amines) is 1. The first-order valence-electron chi connectivity index (χ1n) is 11.2. The van der Waals surface area contributed by atoms with Crippen LogP contribution in [0.4, 0.5) is 28.8 Å². The highest BCUT2D eigenvalue weighted by molar-refractivity contribution is 5.70. The fourth-order valence-electron chi connectivity index (χ4n) is 3.48. The van der Waals surface area contributed by atoms with Gasteiger partial charge in [0.15, 0.2) is 5.82 Å². The normalized spacial score (nSPS) is 14.4. The highest BCUT2D eigenvalue weighted by atomic mass is 16.5. The van der Waals surface area contributed by atoms with Crippen LogP contribution in [-0.4, -0.2) is 51.4 Å². The third kappa shape index (κ3) is 6.10. The molecule has 4 rings (SSSR count). The molecule has 0 atom stereocenters. The minimum atomic E-state index is 0.431. The van der Waals surface area contributed by atoms with Gasteiger partial charge in [-0.2, -0.15) is 10.1 Å². The van der Waals surface area contributed by atoms with Gasteiger partial charge in [-0.05, 0) is 64.2 Å². The number of nitrogens with one attached hydrogen (secondary N) is 2. The molecule has 0 unspecified atom stereocenters. The van der Waals surface area contributed by atoms with E-state index in [9.17, 15) is 0 Å². The second-order valence-electron chi connectivity index (χ2n) is 7.45. The first-order valence-corrected chi connectivity index (χ1v) is 11.2. The average molecular weight is 439 g/mol. The Balaban J connectivity index is 0.00000141. The number of hydrogen-bond donors (Lipinski definition) is 3. The summed E-state index contributed by atoms with van der Waals surface area (Å²) in [6.07, 6.45) is 7.61. The van der Waals surface area contributed by atoms with Gasteiger partial charge in [0.05, 0.1) is 36.4 Å². The van der Waals surface area contributed by atoms with Crippen LogP contribution in [-0.2, 0) is 0 Å². The van der Waals surface area contributed by atoms with E-state index >= 15 is 0 Å². The number of ether oxygens (including phenoxy) is 1. The van der Waals surface area contributed by atoms with E-state index in [0.29, 0.717) is 30.1 Å². The molecule has 172 valence electrons. The van der Waals surface area contributed by atoms with Crippen molar-refractivity contribution in [1.29, 1.82) is 0 Å². The van der Waals surface area contributed by atoms with Gasteiger partial charge in [0, 0.05) is 11.9 Å². The molecular formula is C23H34N8O. The van der Waals surface area contributed by atoms with Gasteiger partial charge in [0.25, 0.3) is 0 Å². The number of rotatable bonds is 7. The Labute approximate surface area is 190 Å². The molecule has 3 aromatic rings. The van der Waals surface area contributed by atoms with Crippen LogP contribution >= 0.6 is 0 Å². The van der Waals surface area contributed by atoms with Crippen LogP contribution in [0.1, 0.15) is 39.7 Å². The Morgan fingerprint density at radius 2 is 1.78 bits per heavy atom. The monoisotopic (exact) mass is 438 g/mol. The second kappa shape index (κ2) is 11.3. The van der Waals surface area contributed by atoms with E-state index in [1.54, 1.807) is 12.4 Å². The summed E-state index contributed by atoms with van der Waals surface area (Å²) < 4.78 is 7.51. The first-order chi connectivity index (χ1) is 15.6. The van der Waals surface area contributed by atoms with Crippen molar-refractivity contribution in [1.82, 2.24) is 24.6 Å². The second-order valence-corrected chi connectivity index (χ2v) is 7.45. The van der Waals surface area contributed by atoms with Crippen LogP contribution in [0.5, 0.6) is 5.75 Å². The topological polar surface area (TPSA) is 106 Å². The van der Waals surface area contributed by atoms with Gasteiger partial charge in [-0.1, -0.05) is 13.8 Å². The number of anilines is 5. The Hall–Kier alpha value is -3.33. The van der Waals surface area contributed by atoms with Gasteiger partial charge < -0.3 is 26.0 Å². The van der Waals surface area contributed by atoms with Crippen LogP contribution in [0.15, 0.2) is 42.9 Å². The summed E-state index contributed by atoms with van der Waals surface area (Å²) in [5.41, 5.74) is 8.25. The lowest BCUT2D eigenvalue weighted by Gasteiger charge is -2.28. The van der Waals surface area contributed by atoms with Gasteiger partial charge in [-0.3, -0.25) is 4.68 Å². The lowest BCUT2D eigenvalue weighted by Crippen LogP contribution is -2.31. The molecule has 1 aromatic carbocycles. The van der Waals surface area contributed by atoms with Crippen LogP contribution < -0.4 is 21.1 Å². The number of benzene rings is 1. The van der Waals surface area contributed by atoms with Crippen molar-refractivity contribution < 1.29 is 4.74 Å². The molecule has 1 saturated heterocycles. The summed E-state index contributed by atoms with van der Waals surface area (Å²) in [5.74, 6) is 1.82. The standard InChI is InChI=1S/C21H28N8O.C2H6/c1-3-30-18-6-4-15(5-7-18)25-20-19(22)13-23-21(27-20)26-16-12-24-29(14-16)17-8-10-28(2)11-9-17;1-2/h4-7,12-14,17H,3,8-11,22H2,1-2H3,(H2,23,25,26,27);1-2H3. The zero-order valence-corrected chi connectivity index (χ0v) is 19.4. The molecule has 0 radical (unpaired) electrons. The molecule has 0 spiro atoms. The molecule has 0 aliphatic carbocycles. The minimum absolute atomic E-state index is 0.431. The summed E-state index contributed by atoms with van der Waals surface area (Å²) in [6.45, 7) is 8.78. The van der Waals surface area contributed by atoms with E-state index in [1.165, 1.54) is 0 Å². The summed E-state index contributed by atoms with van der Waals surface area (Å²) in [5, 5.41) is 11.0. The molecule has 1 aliphatic heterocycles. The van der Waals surface area contributed by atoms with Crippen molar-refractivity contribution in [3.05, 3.63) is 42.9 Å². The Morgan fingerprint density at radius 1 is 1.06 bits per heavy atom. The van der Waals surface area contributed by atoms with E-state index in [0.717, 1.165) is 43.1 Å².